The third kappa shape index (κ3) is 5.73. The van der Waals surface area contributed by atoms with E-state index in [0.717, 1.165) is 17.3 Å². The quantitative estimate of drug-likeness (QED) is 0.404. The van der Waals surface area contributed by atoms with E-state index < -0.39 is 0 Å². The Bertz CT molecular complexity index is 182. The van der Waals surface area contributed by atoms with E-state index >= 15 is 0 Å². The zero-order valence-corrected chi connectivity index (χ0v) is 12.4. The minimum absolute atomic E-state index is 0.0698. The molecule has 3 atom stereocenters. The van der Waals surface area contributed by atoms with Gasteiger partial charge in [-0.25, -0.2) is 0 Å². The van der Waals surface area contributed by atoms with Gasteiger partial charge < -0.3 is 4.74 Å². The van der Waals surface area contributed by atoms with Crippen LogP contribution in [0.4, 0.5) is 0 Å². The van der Waals surface area contributed by atoms with Crippen LogP contribution in [-0.4, -0.2) is 16.5 Å². The molecule has 0 N–H and O–H groups in total. The van der Waals surface area contributed by atoms with Crippen molar-refractivity contribution in [3.05, 3.63) is 0 Å². The summed E-state index contributed by atoms with van der Waals surface area (Å²) in [7, 11) is 0. The zero-order chi connectivity index (χ0) is 11.8. The minimum atomic E-state index is -0.0698. The molecule has 0 heterocycles. The standard InChI is InChI=1S/C12H23IO2/c1-5-7-9(3)12(10(4)8-13)15-11(14)6-2/h9-10,12H,5-8H2,1-4H3/t9-,10-,12+/m1/s1. The molecule has 0 spiro atoms. The summed E-state index contributed by atoms with van der Waals surface area (Å²) in [5.41, 5.74) is 0. The molecule has 0 aliphatic heterocycles. The van der Waals surface area contributed by atoms with Gasteiger partial charge in [0.1, 0.15) is 6.10 Å². The van der Waals surface area contributed by atoms with Crippen molar-refractivity contribution in [2.75, 3.05) is 4.43 Å². The van der Waals surface area contributed by atoms with Crippen molar-refractivity contribution >= 4 is 28.6 Å². The SMILES string of the molecule is CCC[C@@H](C)[C@H](OC(=O)CC)[C@H](C)CI. The van der Waals surface area contributed by atoms with Crippen LogP contribution in [0.5, 0.6) is 0 Å². The van der Waals surface area contributed by atoms with Crippen LogP contribution in [0.3, 0.4) is 0 Å². The second kappa shape index (κ2) is 8.36. The normalized spacial score (nSPS) is 16.9. The highest BCUT2D eigenvalue weighted by molar-refractivity contribution is 14.1. The molecular weight excluding hydrogens is 303 g/mol. The van der Waals surface area contributed by atoms with E-state index in [-0.39, 0.29) is 12.1 Å². The fraction of sp³-hybridized carbons (Fsp3) is 0.917. The number of halogens is 1. The first kappa shape index (κ1) is 15.2. The van der Waals surface area contributed by atoms with Crippen LogP contribution in [0.15, 0.2) is 0 Å². The summed E-state index contributed by atoms with van der Waals surface area (Å²) in [6.07, 6.45) is 2.84. The first-order chi connectivity index (χ1) is 7.06. The Morgan fingerprint density at radius 1 is 1.27 bits per heavy atom. The maximum atomic E-state index is 11.3. The molecule has 0 bridgehead atoms. The molecule has 0 radical (unpaired) electrons. The van der Waals surface area contributed by atoms with Crippen molar-refractivity contribution in [2.45, 2.75) is 53.1 Å². The van der Waals surface area contributed by atoms with Gasteiger partial charge in [0, 0.05) is 16.8 Å². The van der Waals surface area contributed by atoms with Crippen molar-refractivity contribution in [1.29, 1.82) is 0 Å². The Kier molecular flexibility index (Phi) is 8.47. The lowest BCUT2D eigenvalue weighted by Gasteiger charge is -2.28. The van der Waals surface area contributed by atoms with E-state index in [1.165, 1.54) is 0 Å². The Morgan fingerprint density at radius 2 is 1.87 bits per heavy atom. The fourth-order valence-electron chi connectivity index (χ4n) is 1.74. The lowest BCUT2D eigenvalue weighted by atomic mass is 9.91. The molecule has 2 nitrogen and oxygen atoms in total. The Balaban J connectivity index is 4.35. The number of ether oxygens (including phenoxy) is 1. The monoisotopic (exact) mass is 326 g/mol. The van der Waals surface area contributed by atoms with Crippen LogP contribution in [0.25, 0.3) is 0 Å². The van der Waals surface area contributed by atoms with Gasteiger partial charge in [-0.05, 0) is 12.3 Å². The first-order valence-electron chi connectivity index (χ1n) is 5.82. The smallest absolute Gasteiger partial charge is 0.305 e. The molecule has 3 heteroatoms. The molecule has 0 aliphatic rings. The molecule has 0 amide bonds. The first-order valence-corrected chi connectivity index (χ1v) is 7.34. The minimum Gasteiger partial charge on any atom is -0.462 e. The van der Waals surface area contributed by atoms with E-state index in [1.807, 2.05) is 6.92 Å². The largest absolute Gasteiger partial charge is 0.462 e. The van der Waals surface area contributed by atoms with E-state index in [0.29, 0.717) is 18.3 Å². The fourth-order valence-corrected chi connectivity index (χ4v) is 2.24. The third-order valence-electron chi connectivity index (χ3n) is 2.67. The highest BCUT2D eigenvalue weighted by Crippen LogP contribution is 2.23. The number of rotatable bonds is 7. The predicted octanol–water partition coefficient (Wildman–Crippen LogP) is 3.82. The summed E-state index contributed by atoms with van der Waals surface area (Å²) in [5.74, 6) is 0.845. The van der Waals surface area contributed by atoms with Gasteiger partial charge in [0.25, 0.3) is 0 Å². The van der Waals surface area contributed by atoms with Gasteiger partial charge in [-0.2, -0.15) is 0 Å². The van der Waals surface area contributed by atoms with Crippen LogP contribution in [0.2, 0.25) is 0 Å². The van der Waals surface area contributed by atoms with Gasteiger partial charge in [-0.3, -0.25) is 4.79 Å². The maximum Gasteiger partial charge on any atom is 0.305 e. The second-order valence-electron chi connectivity index (χ2n) is 4.21. The molecule has 0 fully saturated rings. The molecule has 0 aromatic rings. The number of esters is 1. The molecule has 0 unspecified atom stereocenters. The molecule has 90 valence electrons. The summed E-state index contributed by atoms with van der Waals surface area (Å²) in [4.78, 5) is 11.3. The van der Waals surface area contributed by atoms with Crippen molar-refractivity contribution in [2.24, 2.45) is 11.8 Å². The molecular formula is C12H23IO2. The van der Waals surface area contributed by atoms with Crippen molar-refractivity contribution in [3.63, 3.8) is 0 Å². The van der Waals surface area contributed by atoms with Gasteiger partial charge >= 0.3 is 5.97 Å². The summed E-state index contributed by atoms with van der Waals surface area (Å²) < 4.78 is 6.56. The summed E-state index contributed by atoms with van der Waals surface area (Å²) in [5, 5.41) is 0. The highest BCUT2D eigenvalue weighted by atomic mass is 127. The van der Waals surface area contributed by atoms with Gasteiger partial charge in [0.15, 0.2) is 0 Å². The van der Waals surface area contributed by atoms with Gasteiger partial charge in [-0.15, -0.1) is 0 Å². The number of carbonyl (C=O) groups is 1. The zero-order valence-electron chi connectivity index (χ0n) is 10.3. The Hall–Kier alpha value is 0.200. The van der Waals surface area contributed by atoms with E-state index in [1.54, 1.807) is 0 Å². The number of hydrogen-bond donors (Lipinski definition) is 0. The molecule has 0 aliphatic carbocycles. The summed E-state index contributed by atoms with van der Waals surface area (Å²) in [6.45, 7) is 8.36. The van der Waals surface area contributed by atoms with Gasteiger partial charge in [-0.1, -0.05) is 56.7 Å². The third-order valence-corrected chi connectivity index (χ3v) is 4.05. The van der Waals surface area contributed by atoms with Crippen molar-refractivity contribution < 1.29 is 9.53 Å². The molecule has 15 heavy (non-hydrogen) atoms. The molecule has 0 saturated heterocycles. The molecule has 0 saturated carbocycles. The summed E-state index contributed by atoms with van der Waals surface area (Å²) in [6, 6.07) is 0. The second-order valence-corrected chi connectivity index (χ2v) is 5.09. The average Bonchev–Trinajstić information content (AvgIpc) is 2.24. The van der Waals surface area contributed by atoms with Gasteiger partial charge in [0.2, 0.25) is 0 Å². The number of alkyl halides is 1. The van der Waals surface area contributed by atoms with Crippen LogP contribution >= 0.6 is 22.6 Å². The Morgan fingerprint density at radius 3 is 2.27 bits per heavy atom. The summed E-state index contributed by atoms with van der Waals surface area (Å²) >= 11 is 2.36. The van der Waals surface area contributed by atoms with Crippen LogP contribution < -0.4 is 0 Å². The number of carbonyl (C=O) groups excluding carboxylic acids is 1. The van der Waals surface area contributed by atoms with Crippen molar-refractivity contribution in [3.8, 4) is 0 Å². The highest BCUT2D eigenvalue weighted by Gasteiger charge is 2.25. The molecule has 0 aromatic heterocycles. The van der Waals surface area contributed by atoms with E-state index in [2.05, 4.69) is 43.4 Å². The Labute approximate surface area is 107 Å². The van der Waals surface area contributed by atoms with Crippen molar-refractivity contribution in [1.82, 2.24) is 0 Å². The van der Waals surface area contributed by atoms with Crippen LogP contribution in [0.1, 0.15) is 47.0 Å². The van der Waals surface area contributed by atoms with Crippen LogP contribution in [0, 0.1) is 11.8 Å². The molecule has 0 aromatic carbocycles. The topological polar surface area (TPSA) is 26.3 Å². The van der Waals surface area contributed by atoms with Gasteiger partial charge in [0.05, 0.1) is 0 Å². The molecule has 0 rings (SSSR count). The van der Waals surface area contributed by atoms with Crippen LogP contribution in [-0.2, 0) is 9.53 Å². The lowest BCUT2D eigenvalue weighted by Crippen LogP contribution is -2.32. The van der Waals surface area contributed by atoms with E-state index in [4.69, 9.17) is 4.74 Å². The predicted molar refractivity (Wildman–Crippen MR) is 72.3 cm³/mol. The maximum absolute atomic E-state index is 11.3. The lowest BCUT2D eigenvalue weighted by molar-refractivity contribution is -0.153. The average molecular weight is 326 g/mol. The van der Waals surface area contributed by atoms with E-state index in [9.17, 15) is 4.79 Å². The number of hydrogen-bond acceptors (Lipinski definition) is 2.